The summed E-state index contributed by atoms with van der Waals surface area (Å²) in [6.45, 7) is 1.93. The van der Waals surface area contributed by atoms with Crippen molar-refractivity contribution in [2.75, 3.05) is 5.32 Å². The number of carbonyl (C=O) groups is 1. The summed E-state index contributed by atoms with van der Waals surface area (Å²) in [5.41, 5.74) is 0. The lowest BCUT2D eigenvalue weighted by molar-refractivity contribution is -0.140. The minimum absolute atomic E-state index is 0.0211. The van der Waals surface area contributed by atoms with Gasteiger partial charge in [-0.1, -0.05) is 42.4 Å². The number of thioether (sulfide) groups is 1. The molecule has 5 nitrogen and oxygen atoms in total. The molecule has 0 bridgehead atoms. The maximum Gasteiger partial charge on any atom is 0.319 e. The molecule has 110 valence electrons. The Bertz CT molecular complexity index is 474. The van der Waals surface area contributed by atoms with Crippen LogP contribution in [-0.2, 0) is 9.53 Å². The smallest absolute Gasteiger partial charge is 0.319 e. The number of cyclic esters (lactones) is 1. The van der Waals surface area contributed by atoms with Crippen LogP contribution in [0.15, 0.2) is 4.34 Å². The standard InChI is InChI=1S/C13H19N3O2S2/c1-8-7-10(11(17)18-8)19-13-16-15-12(20-13)14-9-5-3-2-4-6-9/h8-10H,2-7H2,1H3,(H,14,15)/t8-,10-/m1/s1. The molecule has 7 heteroatoms. The molecule has 1 aromatic rings. The number of ether oxygens (including phenoxy) is 1. The normalized spacial score (nSPS) is 27.6. The van der Waals surface area contributed by atoms with Gasteiger partial charge in [-0.25, -0.2) is 0 Å². The highest BCUT2D eigenvalue weighted by atomic mass is 32.2. The molecular weight excluding hydrogens is 294 g/mol. The van der Waals surface area contributed by atoms with E-state index in [1.54, 1.807) is 0 Å². The Balaban J connectivity index is 1.55. The fourth-order valence-electron chi connectivity index (χ4n) is 2.68. The highest BCUT2D eigenvalue weighted by Crippen LogP contribution is 2.35. The minimum atomic E-state index is -0.125. The maximum absolute atomic E-state index is 11.6. The lowest BCUT2D eigenvalue weighted by atomic mass is 9.96. The fourth-order valence-corrected chi connectivity index (χ4v) is 4.86. The molecule has 1 aliphatic heterocycles. The van der Waals surface area contributed by atoms with Gasteiger partial charge in [0.15, 0.2) is 4.34 Å². The molecule has 0 amide bonds. The molecule has 3 rings (SSSR count). The van der Waals surface area contributed by atoms with Gasteiger partial charge in [0.1, 0.15) is 11.4 Å². The molecule has 1 aliphatic carbocycles. The third-order valence-electron chi connectivity index (χ3n) is 3.71. The van der Waals surface area contributed by atoms with E-state index < -0.39 is 0 Å². The van der Waals surface area contributed by atoms with Crippen LogP contribution in [0.4, 0.5) is 5.13 Å². The monoisotopic (exact) mass is 313 g/mol. The summed E-state index contributed by atoms with van der Waals surface area (Å²) in [4.78, 5) is 11.6. The van der Waals surface area contributed by atoms with E-state index in [4.69, 9.17) is 4.74 Å². The van der Waals surface area contributed by atoms with E-state index in [2.05, 4.69) is 15.5 Å². The maximum atomic E-state index is 11.6. The van der Waals surface area contributed by atoms with Crippen LogP contribution in [0.5, 0.6) is 0 Å². The third kappa shape index (κ3) is 3.44. The van der Waals surface area contributed by atoms with Crippen LogP contribution >= 0.6 is 23.1 Å². The van der Waals surface area contributed by atoms with Gasteiger partial charge in [-0.2, -0.15) is 0 Å². The van der Waals surface area contributed by atoms with Crippen LogP contribution in [-0.4, -0.2) is 33.6 Å². The van der Waals surface area contributed by atoms with Crippen molar-refractivity contribution in [3.63, 3.8) is 0 Å². The Morgan fingerprint density at radius 2 is 2.10 bits per heavy atom. The molecular formula is C13H19N3O2S2. The SMILES string of the molecule is C[C@@H]1C[C@@H](Sc2nnc(NC3CCCCC3)s2)C(=O)O1. The Hall–Kier alpha value is -0.820. The number of anilines is 1. The Labute approximate surface area is 126 Å². The second-order valence-electron chi connectivity index (χ2n) is 5.44. The van der Waals surface area contributed by atoms with Crippen LogP contribution in [0.2, 0.25) is 0 Å². The van der Waals surface area contributed by atoms with E-state index in [1.807, 2.05) is 6.92 Å². The molecule has 1 saturated carbocycles. The second-order valence-corrected chi connectivity index (χ2v) is 7.87. The Morgan fingerprint density at radius 3 is 2.80 bits per heavy atom. The Morgan fingerprint density at radius 1 is 1.30 bits per heavy atom. The van der Waals surface area contributed by atoms with E-state index in [1.165, 1.54) is 55.2 Å². The lowest BCUT2D eigenvalue weighted by Crippen LogP contribution is -2.21. The Kier molecular flexibility index (Phi) is 4.45. The predicted octanol–water partition coefficient (Wildman–Crippen LogP) is 3.08. The summed E-state index contributed by atoms with van der Waals surface area (Å²) in [5.74, 6) is -0.125. The molecule has 0 aromatic carbocycles. The minimum Gasteiger partial charge on any atom is -0.462 e. The largest absolute Gasteiger partial charge is 0.462 e. The molecule has 0 spiro atoms. The van der Waals surface area contributed by atoms with E-state index in [0.717, 1.165) is 15.9 Å². The summed E-state index contributed by atoms with van der Waals surface area (Å²) in [6, 6.07) is 0.533. The summed E-state index contributed by atoms with van der Waals surface area (Å²) in [5, 5.41) is 12.6. The van der Waals surface area contributed by atoms with E-state index in [0.29, 0.717) is 6.04 Å². The van der Waals surface area contributed by atoms with Crippen molar-refractivity contribution in [1.29, 1.82) is 0 Å². The molecule has 1 aromatic heterocycles. The van der Waals surface area contributed by atoms with Gasteiger partial charge in [-0.05, 0) is 19.8 Å². The van der Waals surface area contributed by atoms with Crippen LogP contribution in [0.3, 0.4) is 0 Å². The van der Waals surface area contributed by atoms with Crippen LogP contribution in [0.1, 0.15) is 45.4 Å². The molecule has 1 saturated heterocycles. The van der Waals surface area contributed by atoms with E-state index in [-0.39, 0.29) is 17.3 Å². The zero-order valence-electron chi connectivity index (χ0n) is 11.5. The van der Waals surface area contributed by atoms with Crippen molar-refractivity contribution in [2.24, 2.45) is 0 Å². The number of rotatable bonds is 4. The second kappa shape index (κ2) is 6.30. The van der Waals surface area contributed by atoms with Crippen molar-refractivity contribution >= 4 is 34.2 Å². The van der Waals surface area contributed by atoms with Crippen LogP contribution in [0.25, 0.3) is 0 Å². The zero-order chi connectivity index (χ0) is 13.9. The number of hydrogen-bond acceptors (Lipinski definition) is 7. The number of nitrogens with one attached hydrogen (secondary N) is 1. The van der Waals surface area contributed by atoms with Gasteiger partial charge in [-0.3, -0.25) is 4.79 Å². The average molecular weight is 313 g/mol. The molecule has 20 heavy (non-hydrogen) atoms. The van der Waals surface area contributed by atoms with Gasteiger partial charge < -0.3 is 10.1 Å². The van der Waals surface area contributed by atoms with Crippen LogP contribution < -0.4 is 5.32 Å². The van der Waals surface area contributed by atoms with Gasteiger partial charge in [-0.15, -0.1) is 10.2 Å². The first-order valence-electron chi connectivity index (χ1n) is 7.18. The van der Waals surface area contributed by atoms with Crippen molar-refractivity contribution < 1.29 is 9.53 Å². The van der Waals surface area contributed by atoms with Gasteiger partial charge in [0.2, 0.25) is 5.13 Å². The van der Waals surface area contributed by atoms with Gasteiger partial charge in [0.25, 0.3) is 0 Å². The number of aromatic nitrogens is 2. The summed E-state index contributed by atoms with van der Waals surface area (Å²) in [7, 11) is 0. The third-order valence-corrected chi connectivity index (χ3v) is 5.85. The lowest BCUT2D eigenvalue weighted by Gasteiger charge is -2.21. The fraction of sp³-hybridized carbons (Fsp3) is 0.769. The predicted molar refractivity (Wildman–Crippen MR) is 80.2 cm³/mol. The molecule has 1 N–H and O–H groups in total. The first-order chi connectivity index (χ1) is 9.70. The number of nitrogens with zero attached hydrogens (tertiary/aromatic N) is 2. The highest BCUT2D eigenvalue weighted by molar-refractivity contribution is 8.02. The van der Waals surface area contributed by atoms with Crippen molar-refractivity contribution in [3.8, 4) is 0 Å². The number of hydrogen-bond donors (Lipinski definition) is 1. The average Bonchev–Trinajstić information content (AvgIpc) is 2.98. The molecule has 0 radical (unpaired) electrons. The highest BCUT2D eigenvalue weighted by Gasteiger charge is 2.33. The topological polar surface area (TPSA) is 64.1 Å². The number of esters is 1. The van der Waals surface area contributed by atoms with E-state index in [9.17, 15) is 4.79 Å². The summed E-state index contributed by atoms with van der Waals surface area (Å²) < 4.78 is 6.00. The molecule has 2 aliphatic rings. The van der Waals surface area contributed by atoms with Crippen LogP contribution in [0, 0.1) is 0 Å². The zero-order valence-corrected chi connectivity index (χ0v) is 13.1. The van der Waals surface area contributed by atoms with Gasteiger partial charge >= 0.3 is 5.97 Å². The molecule has 2 heterocycles. The first kappa shape index (κ1) is 14.1. The van der Waals surface area contributed by atoms with E-state index >= 15 is 0 Å². The first-order valence-corrected chi connectivity index (χ1v) is 8.87. The van der Waals surface area contributed by atoms with Crippen molar-refractivity contribution in [3.05, 3.63) is 0 Å². The number of carbonyl (C=O) groups excluding carboxylic acids is 1. The molecule has 2 fully saturated rings. The molecule has 0 unspecified atom stereocenters. The quantitative estimate of drug-likeness (QED) is 0.862. The van der Waals surface area contributed by atoms with Crippen molar-refractivity contribution in [2.45, 2.75) is 67.2 Å². The van der Waals surface area contributed by atoms with Gasteiger partial charge in [0, 0.05) is 12.5 Å². The molecule has 2 atom stereocenters. The van der Waals surface area contributed by atoms with Gasteiger partial charge in [0.05, 0.1) is 0 Å². The summed E-state index contributed by atoms with van der Waals surface area (Å²) >= 11 is 3.01. The van der Waals surface area contributed by atoms with Crippen molar-refractivity contribution in [1.82, 2.24) is 10.2 Å². The summed E-state index contributed by atoms with van der Waals surface area (Å²) in [6.07, 6.45) is 7.15.